The zero-order valence-electron chi connectivity index (χ0n) is 14.4. The highest BCUT2D eigenvalue weighted by Crippen LogP contribution is 2.37. The Kier molecular flexibility index (Phi) is 3.61. The van der Waals surface area contributed by atoms with Crippen molar-refractivity contribution < 1.29 is 9.53 Å². The van der Waals surface area contributed by atoms with Gasteiger partial charge in [-0.25, -0.2) is 14.8 Å². The number of H-pyrrole nitrogens is 1. The van der Waals surface area contributed by atoms with Gasteiger partial charge in [-0.2, -0.15) is 0 Å². The minimum atomic E-state index is -0.398. The number of fused-ring (bicyclic) bond motifs is 5. The number of aromatic nitrogens is 3. The highest BCUT2D eigenvalue weighted by Gasteiger charge is 2.20. The second kappa shape index (κ2) is 5.70. The fourth-order valence-corrected chi connectivity index (χ4v) is 3.93. The first-order chi connectivity index (χ1) is 12.0. The van der Waals surface area contributed by atoms with E-state index >= 15 is 0 Å². The van der Waals surface area contributed by atoms with Gasteiger partial charge in [0, 0.05) is 23.3 Å². The number of aromatic amines is 1. The van der Waals surface area contributed by atoms with Crippen molar-refractivity contribution in [3.8, 4) is 0 Å². The van der Waals surface area contributed by atoms with Crippen molar-refractivity contribution in [2.75, 3.05) is 12.4 Å². The molecule has 128 valence electrons. The first-order valence-corrected chi connectivity index (χ1v) is 8.90. The van der Waals surface area contributed by atoms with Crippen molar-refractivity contribution in [3.05, 3.63) is 29.6 Å². The molecule has 7 heteroatoms. The second-order valence-electron chi connectivity index (χ2n) is 6.20. The van der Waals surface area contributed by atoms with Gasteiger partial charge in [0.2, 0.25) is 0 Å². The fourth-order valence-electron chi connectivity index (χ4n) is 3.11. The van der Waals surface area contributed by atoms with Crippen LogP contribution >= 0.6 is 11.3 Å². The molecule has 0 spiro atoms. The number of benzene rings is 1. The third-order valence-electron chi connectivity index (χ3n) is 4.15. The maximum absolute atomic E-state index is 12.4. The Morgan fingerprint density at radius 1 is 1.28 bits per heavy atom. The number of carbonyl (C=O) groups excluding carboxylic acids is 1. The highest BCUT2D eigenvalue weighted by atomic mass is 32.1. The number of anilines is 1. The molecule has 6 nitrogen and oxygen atoms in total. The molecule has 3 heterocycles. The van der Waals surface area contributed by atoms with E-state index in [1.807, 2.05) is 33.9 Å². The number of ether oxygens (including phenoxy) is 1. The lowest BCUT2D eigenvalue weighted by Crippen LogP contribution is -2.14. The predicted molar refractivity (Wildman–Crippen MR) is 102 cm³/mol. The van der Waals surface area contributed by atoms with Crippen molar-refractivity contribution in [2.45, 2.75) is 26.9 Å². The Hall–Kier alpha value is -2.67. The summed E-state index contributed by atoms with van der Waals surface area (Å²) in [6.45, 7) is 5.56. The Morgan fingerprint density at radius 2 is 2.08 bits per heavy atom. The van der Waals surface area contributed by atoms with E-state index in [0.29, 0.717) is 5.69 Å². The van der Waals surface area contributed by atoms with Gasteiger partial charge in [-0.1, -0.05) is 11.3 Å². The van der Waals surface area contributed by atoms with Crippen LogP contribution in [0.3, 0.4) is 0 Å². The molecule has 0 aliphatic heterocycles. The molecule has 0 fully saturated rings. The molecular weight excluding hydrogens is 336 g/mol. The number of hydrogen-bond donors (Lipinski definition) is 2. The van der Waals surface area contributed by atoms with Crippen LogP contribution < -0.4 is 5.32 Å². The van der Waals surface area contributed by atoms with Crippen molar-refractivity contribution >= 4 is 54.5 Å². The summed E-state index contributed by atoms with van der Waals surface area (Å²) in [7, 11) is 1.86. The molecular formula is C18H18N4O2S. The molecule has 0 saturated carbocycles. The number of aryl methyl sites for hydroxylation is 1. The summed E-state index contributed by atoms with van der Waals surface area (Å²) in [6.07, 6.45) is 1.51. The van der Waals surface area contributed by atoms with Crippen molar-refractivity contribution in [3.63, 3.8) is 0 Å². The van der Waals surface area contributed by atoms with Gasteiger partial charge in [-0.05, 0) is 38.5 Å². The largest absolute Gasteiger partial charge is 0.458 e. The number of rotatable bonds is 3. The molecule has 0 radical (unpaired) electrons. The first kappa shape index (κ1) is 15.8. The topological polar surface area (TPSA) is 79.9 Å². The van der Waals surface area contributed by atoms with Crippen LogP contribution in [-0.2, 0) is 4.74 Å². The first-order valence-electron chi connectivity index (χ1n) is 8.09. The van der Waals surface area contributed by atoms with E-state index in [2.05, 4.69) is 21.4 Å². The molecule has 3 aromatic heterocycles. The average Bonchev–Trinajstić information content (AvgIpc) is 3.14. The Morgan fingerprint density at radius 3 is 2.80 bits per heavy atom. The van der Waals surface area contributed by atoms with E-state index in [1.54, 1.807) is 17.5 Å². The zero-order chi connectivity index (χ0) is 17.7. The molecule has 4 aromatic rings. The molecule has 0 amide bonds. The number of nitrogens with zero attached hydrogens (tertiary/aromatic N) is 2. The quantitative estimate of drug-likeness (QED) is 0.538. The number of pyridine rings is 1. The van der Waals surface area contributed by atoms with Gasteiger partial charge in [-0.3, -0.25) is 0 Å². The number of thiazole rings is 1. The van der Waals surface area contributed by atoms with Crippen molar-refractivity contribution in [1.29, 1.82) is 0 Å². The summed E-state index contributed by atoms with van der Waals surface area (Å²) in [5.74, 6) is -0.398. The maximum Gasteiger partial charge on any atom is 0.357 e. The second-order valence-corrected chi connectivity index (χ2v) is 7.23. The van der Waals surface area contributed by atoms with Gasteiger partial charge in [0.05, 0.1) is 28.0 Å². The van der Waals surface area contributed by atoms with Gasteiger partial charge in [0.1, 0.15) is 0 Å². The molecule has 0 aliphatic rings. The van der Waals surface area contributed by atoms with Crippen molar-refractivity contribution in [1.82, 2.24) is 15.0 Å². The molecule has 2 N–H and O–H groups in total. The summed E-state index contributed by atoms with van der Waals surface area (Å²) in [5, 5.41) is 5.95. The number of hydrogen-bond acceptors (Lipinski definition) is 6. The SMILES string of the molecule is CNc1nc2c(ccc3[nH]c4cnc(C(=O)OC(C)C)c(C)c4c32)s1. The Bertz CT molecular complexity index is 1130. The lowest BCUT2D eigenvalue weighted by molar-refractivity contribution is 0.0370. The van der Waals surface area contributed by atoms with Crippen LogP contribution in [0.1, 0.15) is 29.9 Å². The van der Waals surface area contributed by atoms with E-state index in [1.165, 1.54) is 0 Å². The van der Waals surface area contributed by atoms with Crippen LogP contribution in [0.2, 0.25) is 0 Å². The summed E-state index contributed by atoms with van der Waals surface area (Å²) in [6, 6.07) is 4.10. The van der Waals surface area contributed by atoms with E-state index in [-0.39, 0.29) is 6.10 Å². The maximum atomic E-state index is 12.4. The molecule has 0 saturated heterocycles. The standard InChI is InChI=1S/C18H18N4O2S/c1-8(2)24-17(23)15-9(3)13-11(7-20-15)21-10-5-6-12-16(14(10)13)22-18(19-4)25-12/h5-8,21H,1-4H3,(H,19,22). The Balaban J connectivity index is 2.05. The van der Waals surface area contributed by atoms with E-state index in [0.717, 1.165) is 42.7 Å². The van der Waals surface area contributed by atoms with Crippen LogP contribution in [-0.4, -0.2) is 34.1 Å². The third-order valence-corrected chi connectivity index (χ3v) is 5.19. The highest BCUT2D eigenvalue weighted by molar-refractivity contribution is 7.22. The molecule has 1 aromatic carbocycles. The third kappa shape index (κ3) is 2.42. The molecule has 0 bridgehead atoms. The van der Waals surface area contributed by atoms with Gasteiger partial charge < -0.3 is 15.0 Å². The van der Waals surface area contributed by atoms with Gasteiger partial charge in [-0.15, -0.1) is 0 Å². The zero-order valence-corrected chi connectivity index (χ0v) is 15.2. The lowest BCUT2D eigenvalue weighted by atomic mass is 10.1. The van der Waals surface area contributed by atoms with Crippen LogP contribution in [0.25, 0.3) is 32.0 Å². The number of nitrogens with one attached hydrogen (secondary N) is 2. The van der Waals surface area contributed by atoms with Crippen LogP contribution in [0.15, 0.2) is 18.3 Å². The molecule has 0 atom stereocenters. The average molecular weight is 354 g/mol. The van der Waals surface area contributed by atoms with E-state index < -0.39 is 5.97 Å². The normalized spacial score (nSPS) is 11.7. The van der Waals surface area contributed by atoms with Crippen molar-refractivity contribution in [2.24, 2.45) is 0 Å². The van der Waals surface area contributed by atoms with Gasteiger partial charge in [0.15, 0.2) is 10.8 Å². The number of esters is 1. The summed E-state index contributed by atoms with van der Waals surface area (Å²) in [4.78, 5) is 24.8. The predicted octanol–water partition coefficient (Wildman–Crippen LogP) is 4.24. The van der Waals surface area contributed by atoms with Gasteiger partial charge >= 0.3 is 5.97 Å². The molecule has 25 heavy (non-hydrogen) atoms. The smallest absolute Gasteiger partial charge is 0.357 e. The summed E-state index contributed by atoms with van der Waals surface area (Å²) in [5.41, 5.74) is 3.95. The fraction of sp³-hybridized carbons (Fsp3) is 0.278. The minimum Gasteiger partial charge on any atom is -0.458 e. The van der Waals surface area contributed by atoms with Crippen LogP contribution in [0.5, 0.6) is 0 Å². The molecule has 0 aliphatic carbocycles. The summed E-state index contributed by atoms with van der Waals surface area (Å²) < 4.78 is 6.43. The van der Waals surface area contributed by atoms with Crippen LogP contribution in [0.4, 0.5) is 5.13 Å². The molecule has 4 rings (SSSR count). The lowest BCUT2D eigenvalue weighted by Gasteiger charge is -2.09. The van der Waals surface area contributed by atoms with Gasteiger partial charge in [0.25, 0.3) is 0 Å². The number of carbonyl (C=O) groups is 1. The summed E-state index contributed by atoms with van der Waals surface area (Å²) >= 11 is 1.61. The Labute approximate surface area is 148 Å². The monoisotopic (exact) mass is 354 g/mol. The van der Waals surface area contributed by atoms with E-state index in [4.69, 9.17) is 9.72 Å². The van der Waals surface area contributed by atoms with E-state index in [9.17, 15) is 4.79 Å². The molecule has 0 unspecified atom stereocenters. The van der Waals surface area contributed by atoms with Crippen LogP contribution in [0, 0.1) is 6.92 Å². The minimum absolute atomic E-state index is 0.184.